The van der Waals surface area contributed by atoms with E-state index in [0.29, 0.717) is 5.56 Å². The van der Waals surface area contributed by atoms with Crippen molar-refractivity contribution in [2.45, 2.75) is 64.9 Å². The predicted molar refractivity (Wildman–Crippen MR) is 218 cm³/mol. The molecule has 2 aliphatic carbocycles. The van der Waals surface area contributed by atoms with Gasteiger partial charge in [0.05, 0.1) is 76.4 Å². The van der Waals surface area contributed by atoms with Gasteiger partial charge in [0.15, 0.2) is 0 Å². The van der Waals surface area contributed by atoms with Gasteiger partial charge in [0.25, 0.3) is 0 Å². The molecule has 1 atom stereocenters. The Hall–Kier alpha value is -7.32. The number of aromatic nitrogens is 10. The third-order valence-electron chi connectivity index (χ3n) is 10.5. The molecular weight excluding hydrogens is 729 g/mol. The van der Waals surface area contributed by atoms with Crippen LogP contribution in [0.4, 0.5) is 0 Å². The number of rotatable bonds is 4. The van der Waals surface area contributed by atoms with E-state index in [0.717, 1.165) is 99.2 Å². The highest BCUT2D eigenvalue weighted by molar-refractivity contribution is 5.82. The molecule has 58 heavy (non-hydrogen) atoms. The maximum absolute atomic E-state index is 9.46. The summed E-state index contributed by atoms with van der Waals surface area (Å²) >= 11 is 0. The zero-order valence-electron chi connectivity index (χ0n) is 32.8. The van der Waals surface area contributed by atoms with E-state index in [4.69, 9.17) is 15.0 Å². The van der Waals surface area contributed by atoms with E-state index in [1.54, 1.807) is 44.8 Å². The number of ether oxygens (including phenoxy) is 1. The Balaban J connectivity index is 0.000000136. The summed E-state index contributed by atoms with van der Waals surface area (Å²) in [6, 6.07) is 19.6. The minimum Gasteiger partial charge on any atom is -0.508 e. The highest BCUT2D eigenvalue weighted by Gasteiger charge is 2.25. The molecule has 0 saturated carbocycles. The number of phenolic OH excluding ortho intramolecular Hbond substituents is 1. The average Bonchev–Trinajstić information content (AvgIpc) is 4.05. The predicted octanol–water partition coefficient (Wildman–Crippen LogP) is 7.40. The molecule has 0 bridgehead atoms. The fourth-order valence-electron chi connectivity index (χ4n) is 7.53. The van der Waals surface area contributed by atoms with Crippen molar-refractivity contribution in [1.82, 2.24) is 49.1 Å². The number of pyridine rings is 2. The molecule has 6 aromatic heterocycles. The molecule has 1 N–H and O–H groups in total. The third kappa shape index (κ3) is 7.73. The number of aryl methyl sites for hydroxylation is 7. The van der Waals surface area contributed by atoms with Crippen LogP contribution in [0.5, 0.6) is 11.5 Å². The smallest absolute Gasteiger partial charge is 0.141 e. The monoisotopic (exact) mass is 770 g/mol. The molecule has 14 nitrogen and oxygen atoms in total. The van der Waals surface area contributed by atoms with Crippen molar-refractivity contribution in [3.8, 4) is 35.0 Å². The zero-order chi connectivity index (χ0) is 40.3. The molecule has 0 unspecified atom stereocenters. The number of phenols is 1. The highest BCUT2D eigenvalue weighted by atomic mass is 16.5. The van der Waals surface area contributed by atoms with E-state index in [9.17, 15) is 10.4 Å². The van der Waals surface area contributed by atoms with Gasteiger partial charge >= 0.3 is 0 Å². The number of hydrogen-bond donors (Lipinski definition) is 1. The molecule has 6 heterocycles. The maximum atomic E-state index is 9.46. The van der Waals surface area contributed by atoms with Crippen molar-refractivity contribution in [3.05, 3.63) is 131 Å². The van der Waals surface area contributed by atoms with E-state index in [1.807, 2.05) is 87.6 Å². The molecule has 0 fully saturated rings. The van der Waals surface area contributed by atoms with E-state index >= 15 is 0 Å². The zero-order valence-corrected chi connectivity index (χ0v) is 32.8. The molecule has 8 aromatic rings. The van der Waals surface area contributed by atoms with Crippen LogP contribution < -0.4 is 4.74 Å². The minimum absolute atomic E-state index is 0.114. The Labute approximate surface area is 335 Å². The molecule has 2 aliphatic rings. The quantitative estimate of drug-likeness (QED) is 0.190. The number of aromatic hydroxyl groups is 1. The molecule has 14 heteroatoms. The lowest BCUT2D eigenvalue weighted by molar-refractivity contribution is 0.178. The van der Waals surface area contributed by atoms with Gasteiger partial charge in [-0.15, -0.1) is 0 Å². The van der Waals surface area contributed by atoms with Gasteiger partial charge in [-0.1, -0.05) is 0 Å². The number of nitriles is 2. The molecule has 0 saturated heterocycles. The summed E-state index contributed by atoms with van der Waals surface area (Å²) in [5.74, 6) is 1.02. The van der Waals surface area contributed by atoms with Gasteiger partial charge in [-0.05, 0) is 106 Å². The lowest BCUT2D eigenvalue weighted by atomic mass is 9.92. The molecule has 2 aromatic carbocycles. The number of nitrogens with zero attached hydrogens (tertiary/aromatic N) is 12. The van der Waals surface area contributed by atoms with Gasteiger partial charge < -0.3 is 9.84 Å². The van der Waals surface area contributed by atoms with Crippen molar-refractivity contribution in [2.24, 2.45) is 14.1 Å². The highest BCUT2D eigenvalue weighted by Crippen LogP contribution is 2.35. The van der Waals surface area contributed by atoms with Crippen molar-refractivity contribution < 1.29 is 9.84 Å². The van der Waals surface area contributed by atoms with Crippen molar-refractivity contribution >= 4 is 21.8 Å². The van der Waals surface area contributed by atoms with Gasteiger partial charge in [0, 0.05) is 42.7 Å². The molecule has 290 valence electrons. The van der Waals surface area contributed by atoms with Crippen molar-refractivity contribution in [3.63, 3.8) is 0 Å². The van der Waals surface area contributed by atoms with Crippen LogP contribution in [0.15, 0.2) is 85.7 Å². The fourth-order valence-corrected chi connectivity index (χ4v) is 7.53. The first kappa shape index (κ1) is 37.6. The van der Waals surface area contributed by atoms with Gasteiger partial charge in [0.1, 0.15) is 41.1 Å². The SMILES string of the molecule is Cc1nc2c(cc1C#N)CCCC2.Cc1nc2c(cc1C#N)CCC[C@@H]2Oc1ccc2cnn(-c3cnn(C)c3)c2c1.Cn1cc(-n2ncc3ccc(O)cc32)cn1. The van der Waals surface area contributed by atoms with E-state index in [1.165, 1.54) is 24.1 Å². The van der Waals surface area contributed by atoms with Crippen LogP contribution in [0, 0.1) is 36.5 Å². The van der Waals surface area contributed by atoms with Crippen molar-refractivity contribution in [1.29, 1.82) is 10.5 Å². The van der Waals surface area contributed by atoms with E-state index < -0.39 is 0 Å². The molecule has 0 spiro atoms. The van der Waals surface area contributed by atoms with Crippen LogP contribution in [0.3, 0.4) is 0 Å². The third-order valence-corrected chi connectivity index (χ3v) is 10.5. The first-order valence-electron chi connectivity index (χ1n) is 19.3. The minimum atomic E-state index is -0.114. The molecular formula is C44H42N12O2. The Kier molecular flexibility index (Phi) is 10.4. The van der Waals surface area contributed by atoms with Gasteiger partial charge in [-0.2, -0.15) is 30.9 Å². The number of benzene rings is 2. The largest absolute Gasteiger partial charge is 0.508 e. The second kappa shape index (κ2) is 16.0. The summed E-state index contributed by atoms with van der Waals surface area (Å²) in [6.45, 7) is 3.79. The Morgan fingerprint density at radius 2 is 1.26 bits per heavy atom. The van der Waals surface area contributed by atoms with Crippen LogP contribution in [0.1, 0.15) is 76.8 Å². The second-order valence-corrected chi connectivity index (χ2v) is 14.6. The summed E-state index contributed by atoms with van der Waals surface area (Å²) in [4.78, 5) is 9.17. The summed E-state index contributed by atoms with van der Waals surface area (Å²) in [5, 5.41) is 46.7. The first-order chi connectivity index (χ1) is 28.2. The fraction of sp³-hybridized carbons (Fsp3) is 0.273. The van der Waals surface area contributed by atoms with Crippen LogP contribution in [-0.2, 0) is 33.4 Å². The summed E-state index contributed by atoms with van der Waals surface area (Å²) in [5.41, 5.74) is 11.2. The summed E-state index contributed by atoms with van der Waals surface area (Å²) in [6.07, 6.45) is 18.3. The summed E-state index contributed by atoms with van der Waals surface area (Å²) in [7, 11) is 3.74. The van der Waals surface area contributed by atoms with Gasteiger partial charge in [0.2, 0.25) is 0 Å². The maximum Gasteiger partial charge on any atom is 0.141 e. The first-order valence-corrected chi connectivity index (χ1v) is 19.3. The summed E-state index contributed by atoms with van der Waals surface area (Å²) < 4.78 is 13.5. The second-order valence-electron chi connectivity index (χ2n) is 14.6. The van der Waals surface area contributed by atoms with E-state index in [-0.39, 0.29) is 11.9 Å². The molecule has 0 aliphatic heterocycles. The molecule has 0 amide bonds. The van der Waals surface area contributed by atoms with Crippen LogP contribution in [0.2, 0.25) is 0 Å². The van der Waals surface area contributed by atoms with Crippen molar-refractivity contribution in [2.75, 3.05) is 0 Å². The van der Waals surface area contributed by atoms with Gasteiger partial charge in [-0.25, -0.2) is 9.36 Å². The van der Waals surface area contributed by atoms with Crippen LogP contribution >= 0.6 is 0 Å². The van der Waals surface area contributed by atoms with Crippen LogP contribution in [0.25, 0.3) is 33.2 Å². The molecule has 0 radical (unpaired) electrons. The molecule has 10 rings (SSSR count). The lowest BCUT2D eigenvalue weighted by Gasteiger charge is -2.26. The standard InChI is InChI=1S/C22H20N6O.C11H10N4O.C11H12N2/c1-14-17(10-23)8-15-4-3-5-21(22(15)26-14)29-19-7-6-16-11-25-28(20(16)9-19)18-12-24-27(2)13-18;1-14-7-9(6-12-14)15-11-4-10(16)3-2-8(11)5-13-15;1-8-10(7-12)6-9-4-2-3-5-11(9)13-8/h6-9,11-13,21H,3-5H2,1-2H3;2-7,16H,1H3;6H,2-5H2,1H3/t21-;;/m0../s1. The Bertz CT molecular complexity index is 2870. The number of fused-ring (bicyclic) bond motifs is 4. The van der Waals surface area contributed by atoms with Gasteiger partial charge in [-0.3, -0.25) is 19.3 Å². The number of hydrogen-bond acceptors (Lipinski definition) is 10. The lowest BCUT2D eigenvalue weighted by Crippen LogP contribution is -2.18. The topological polar surface area (TPSA) is 174 Å². The Morgan fingerprint density at radius 3 is 1.90 bits per heavy atom. The normalized spacial score (nSPS) is 14.3. The average molecular weight is 771 g/mol. The van der Waals surface area contributed by atoms with E-state index in [2.05, 4.69) is 37.5 Å². The Morgan fingerprint density at radius 1 is 0.672 bits per heavy atom. The van der Waals surface area contributed by atoms with Crippen LogP contribution in [-0.4, -0.2) is 54.2 Å².